The molecule has 2 rings (SSSR count). The number of anilines is 2. The lowest BCUT2D eigenvalue weighted by Crippen LogP contribution is -2.40. The fourth-order valence-electron chi connectivity index (χ4n) is 4.38. The van der Waals surface area contributed by atoms with Gasteiger partial charge in [-0.05, 0) is 78.2 Å². The van der Waals surface area contributed by atoms with E-state index in [1.54, 1.807) is 13.2 Å². The smallest absolute Gasteiger partial charge is 0.407 e. The minimum absolute atomic E-state index is 0.191. The van der Waals surface area contributed by atoms with Crippen LogP contribution in [0.25, 0.3) is 0 Å². The molecule has 0 aromatic heterocycles. The van der Waals surface area contributed by atoms with Crippen LogP contribution >= 0.6 is 0 Å². The molecule has 0 bridgehead atoms. The molecule has 0 radical (unpaired) electrons. The number of rotatable bonds is 11. The van der Waals surface area contributed by atoms with Crippen LogP contribution in [0, 0.1) is 11.3 Å². The van der Waals surface area contributed by atoms with Crippen molar-refractivity contribution in [2.45, 2.75) is 58.3 Å². The second-order valence-corrected chi connectivity index (χ2v) is 10.7. The summed E-state index contributed by atoms with van der Waals surface area (Å²) in [5.41, 5.74) is 3.27. The summed E-state index contributed by atoms with van der Waals surface area (Å²) in [5.74, 6) is 0. The molecule has 1 aromatic rings. The summed E-state index contributed by atoms with van der Waals surface area (Å²) in [6.07, 6.45) is 4.22. The van der Waals surface area contributed by atoms with Crippen molar-refractivity contribution in [2.75, 3.05) is 57.6 Å². The Balaban J connectivity index is 2.47. The topological polar surface area (TPSA) is 87.1 Å². The first kappa shape index (κ1) is 29.8. The molecule has 1 unspecified atom stereocenters. The van der Waals surface area contributed by atoms with E-state index in [9.17, 15) is 10.1 Å². The maximum absolute atomic E-state index is 12.4. The van der Waals surface area contributed by atoms with Gasteiger partial charge in [-0.25, -0.2) is 4.79 Å². The highest BCUT2D eigenvalue weighted by molar-refractivity contribution is 5.69. The summed E-state index contributed by atoms with van der Waals surface area (Å²) in [5, 5.41) is 15.9. The third-order valence-electron chi connectivity index (χ3n) is 6.32. The highest BCUT2D eigenvalue weighted by atomic mass is 16.6. The minimum atomic E-state index is -0.601. The molecule has 37 heavy (non-hydrogen) atoms. The Labute approximate surface area is 223 Å². The van der Waals surface area contributed by atoms with Gasteiger partial charge in [-0.2, -0.15) is 5.26 Å². The van der Waals surface area contributed by atoms with E-state index in [1.165, 1.54) is 0 Å². The van der Waals surface area contributed by atoms with E-state index in [0.717, 1.165) is 42.1 Å². The van der Waals surface area contributed by atoms with Crippen molar-refractivity contribution in [1.82, 2.24) is 20.4 Å². The van der Waals surface area contributed by atoms with E-state index in [2.05, 4.69) is 65.4 Å². The van der Waals surface area contributed by atoms with Crippen LogP contribution < -0.4 is 20.4 Å². The van der Waals surface area contributed by atoms with Gasteiger partial charge in [0.2, 0.25) is 0 Å². The lowest BCUT2D eigenvalue weighted by atomic mass is 10.1. The summed E-state index contributed by atoms with van der Waals surface area (Å²) in [7, 11) is 8.04. The summed E-state index contributed by atoms with van der Waals surface area (Å²) in [4.78, 5) is 21.1. The van der Waals surface area contributed by atoms with E-state index in [4.69, 9.17) is 4.74 Å². The van der Waals surface area contributed by atoms with Gasteiger partial charge in [-0.3, -0.25) is 0 Å². The molecular formula is C28H45N7O2. The summed E-state index contributed by atoms with van der Waals surface area (Å²) in [6.45, 7) is 14.0. The predicted molar refractivity (Wildman–Crippen MR) is 151 cm³/mol. The van der Waals surface area contributed by atoms with Gasteiger partial charge >= 0.3 is 6.09 Å². The third kappa shape index (κ3) is 8.60. The molecule has 0 aliphatic carbocycles. The third-order valence-corrected chi connectivity index (χ3v) is 6.32. The number of hydrogen-bond acceptors (Lipinski definition) is 8. The number of amides is 1. The quantitative estimate of drug-likeness (QED) is 0.465. The number of nitriles is 1. The monoisotopic (exact) mass is 511 g/mol. The second-order valence-electron chi connectivity index (χ2n) is 10.7. The molecule has 1 fully saturated rings. The molecule has 0 spiro atoms. The van der Waals surface area contributed by atoms with Crippen LogP contribution in [0.2, 0.25) is 0 Å². The van der Waals surface area contributed by atoms with Gasteiger partial charge in [0.1, 0.15) is 11.6 Å². The van der Waals surface area contributed by atoms with Crippen molar-refractivity contribution in [3.8, 4) is 6.07 Å². The number of hydrogen-bond donors (Lipinski definition) is 2. The molecule has 2 N–H and O–H groups in total. The normalized spacial score (nSPS) is 16.7. The highest BCUT2D eigenvalue weighted by Crippen LogP contribution is 2.33. The number of ether oxygens (including phenoxy) is 1. The van der Waals surface area contributed by atoms with Crippen LogP contribution in [0.4, 0.5) is 16.2 Å². The number of nitrogens with zero attached hydrogens (tertiary/aromatic N) is 5. The maximum Gasteiger partial charge on any atom is 0.407 e. The van der Waals surface area contributed by atoms with Crippen LogP contribution in [-0.4, -0.2) is 81.4 Å². The summed E-state index contributed by atoms with van der Waals surface area (Å²) < 4.78 is 5.42. The molecule has 2 atom stereocenters. The standard InChI is InChI=1S/C28H45N7O2/c1-10-33(9)19-22-15-23(34-14-13-24(20-34)32(7)8)11-12-26(22)35(21(2)16-29)25(17-30-6)18-31-27(36)37-28(3,4)5/h10-12,15,17,21,24,30H,1,13-14,18-20H2,2-9H3,(H,31,36)/b25-17-/t21?,24-/m1/s1. The number of alkyl carbamates (subject to hydrolysis) is 1. The van der Waals surface area contributed by atoms with E-state index < -0.39 is 17.7 Å². The lowest BCUT2D eigenvalue weighted by molar-refractivity contribution is 0.0532. The lowest BCUT2D eigenvalue weighted by Gasteiger charge is -2.33. The van der Waals surface area contributed by atoms with Crippen molar-refractivity contribution in [3.63, 3.8) is 0 Å². The first-order chi connectivity index (χ1) is 17.4. The molecule has 1 aliphatic rings. The van der Waals surface area contributed by atoms with Crippen molar-refractivity contribution >= 4 is 17.5 Å². The molecule has 9 nitrogen and oxygen atoms in total. The van der Waals surface area contributed by atoms with Gasteiger partial charge in [0, 0.05) is 57.3 Å². The Bertz CT molecular complexity index is 993. The van der Waals surface area contributed by atoms with Gasteiger partial charge < -0.3 is 35.0 Å². The fraction of sp³-hybridized carbons (Fsp3) is 0.571. The van der Waals surface area contributed by atoms with Crippen molar-refractivity contribution in [2.24, 2.45) is 0 Å². The van der Waals surface area contributed by atoms with Crippen LogP contribution in [0.1, 0.15) is 39.7 Å². The average molecular weight is 512 g/mol. The van der Waals surface area contributed by atoms with Gasteiger partial charge in [0.05, 0.1) is 18.3 Å². The van der Waals surface area contributed by atoms with Crippen molar-refractivity contribution in [1.29, 1.82) is 5.26 Å². The maximum atomic E-state index is 12.4. The van der Waals surface area contributed by atoms with Gasteiger partial charge in [0.15, 0.2) is 0 Å². The molecule has 1 aliphatic heterocycles. The van der Waals surface area contributed by atoms with E-state index >= 15 is 0 Å². The van der Waals surface area contributed by atoms with Crippen LogP contribution in [0.3, 0.4) is 0 Å². The molecule has 1 aromatic carbocycles. The first-order valence-electron chi connectivity index (χ1n) is 12.8. The highest BCUT2D eigenvalue weighted by Gasteiger charge is 2.27. The van der Waals surface area contributed by atoms with Gasteiger partial charge in [0.25, 0.3) is 0 Å². The first-order valence-corrected chi connectivity index (χ1v) is 12.8. The van der Waals surface area contributed by atoms with Crippen LogP contribution in [0.5, 0.6) is 0 Å². The Kier molecular flexibility index (Phi) is 10.7. The molecule has 9 heteroatoms. The van der Waals surface area contributed by atoms with Gasteiger partial charge in [-0.1, -0.05) is 6.58 Å². The number of carbonyl (C=O) groups excluding carboxylic acids is 1. The predicted octanol–water partition coefficient (Wildman–Crippen LogP) is 3.71. The zero-order valence-electron chi connectivity index (χ0n) is 23.8. The fourth-order valence-corrected chi connectivity index (χ4v) is 4.38. The van der Waals surface area contributed by atoms with Crippen molar-refractivity contribution < 1.29 is 9.53 Å². The Morgan fingerprint density at radius 1 is 1.35 bits per heavy atom. The summed E-state index contributed by atoms with van der Waals surface area (Å²) >= 11 is 0. The Morgan fingerprint density at radius 2 is 2.05 bits per heavy atom. The Hall–Kier alpha value is -3.38. The van der Waals surface area contributed by atoms with Crippen molar-refractivity contribution in [3.05, 3.63) is 48.4 Å². The van der Waals surface area contributed by atoms with Crippen LogP contribution in [0.15, 0.2) is 42.9 Å². The SMILES string of the molecule is C=CN(C)Cc1cc(N2CC[C@@H](N(C)C)C2)ccc1N(/C(=C\NC)CNC(=O)OC(C)(C)C)C(C)C#N. The summed E-state index contributed by atoms with van der Waals surface area (Å²) in [6, 6.07) is 8.83. The largest absolute Gasteiger partial charge is 0.444 e. The minimum Gasteiger partial charge on any atom is -0.444 e. The number of benzene rings is 1. The molecule has 0 saturated carbocycles. The average Bonchev–Trinajstić information content (AvgIpc) is 3.33. The van der Waals surface area contributed by atoms with Gasteiger partial charge in [-0.15, -0.1) is 0 Å². The zero-order valence-corrected chi connectivity index (χ0v) is 23.8. The van der Waals surface area contributed by atoms with Crippen LogP contribution in [-0.2, 0) is 11.3 Å². The molecule has 1 saturated heterocycles. The number of nitrogens with one attached hydrogen (secondary N) is 2. The molecule has 1 heterocycles. The second kappa shape index (κ2) is 13.2. The number of carbonyl (C=O) groups is 1. The number of likely N-dealkylation sites (N-methyl/N-ethyl adjacent to an activating group) is 1. The molecule has 1 amide bonds. The molecular weight excluding hydrogens is 466 g/mol. The van der Waals surface area contributed by atoms with E-state index in [0.29, 0.717) is 12.6 Å². The zero-order chi connectivity index (χ0) is 27.8. The molecule has 204 valence electrons. The van der Waals surface area contributed by atoms with E-state index in [-0.39, 0.29) is 6.54 Å². The van der Waals surface area contributed by atoms with E-state index in [1.807, 2.05) is 50.7 Å². The Morgan fingerprint density at radius 3 is 2.59 bits per heavy atom.